The quantitative estimate of drug-likeness (QED) is 0.401. The molecule has 0 saturated carbocycles. The predicted molar refractivity (Wildman–Crippen MR) is 114 cm³/mol. The molecular weight excluding hydrogens is 343 g/mol. The molecule has 0 N–H and O–H groups in total. The molecule has 138 valence electrons. The number of aryl methyl sites for hydroxylation is 1. The highest BCUT2D eigenvalue weighted by Crippen LogP contribution is 2.29. The summed E-state index contributed by atoms with van der Waals surface area (Å²) in [5, 5.41) is 0. The van der Waals surface area contributed by atoms with Crippen LogP contribution in [0.1, 0.15) is 13.3 Å². The van der Waals surface area contributed by atoms with Crippen LogP contribution in [0, 0.1) is 0 Å². The molecule has 0 unspecified atom stereocenters. The first-order chi connectivity index (χ1) is 13.8. The van der Waals surface area contributed by atoms with Crippen molar-refractivity contribution >= 4 is 23.0 Å². The van der Waals surface area contributed by atoms with E-state index in [9.17, 15) is 0 Å². The molecule has 1 aliphatic rings. The molecule has 0 fully saturated rings. The summed E-state index contributed by atoms with van der Waals surface area (Å²) >= 11 is 0. The Labute approximate surface area is 165 Å². The maximum absolute atomic E-state index is 6.98. The van der Waals surface area contributed by atoms with Crippen LogP contribution < -0.4 is 25.9 Å². The van der Waals surface area contributed by atoms with Gasteiger partial charge in [0.05, 0.1) is 6.54 Å². The minimum absolute atomic E-state index is 0.918. The Morgan fingerprint density at radius 1 is 0.821 bits per heavy atom. The Bertz CT molecular complexity index is 1070. The topological polar surface area (TPSA) is 18.0 Å². The van der Waals surface area contributed by atoms with Gasteiger partial charge in [0.15, 0.2) is 5.69 Å². The number of aromatic nitrogens is 2. The van der Waals surface area contributed by atoms with Crippen LogP contribution in [0.3, 0.4) is 0 Å². The fourth-order valence-electron chi connectivity index (χ4n) is 4.58. The van der Waals surface area contributed by atoms with Gasteiger partial charge in [0.2, 0.25) is 0 Å². The first-order valence-corrected chi connectivity index (χ1v) is 10.00. The fraction of sp³-hybridized carbons (Fsp3) is 0.125. The number of imidazole rings is 1. The van der Waals surface area contributed by atoms with Crippen LogP contribution in [0.25, 0.3) is 5.69 Å². The molecule has 1 aliphatic heterocycles. The highest BCUT2D eigenvalue weighted by molar-refractivity contribution is 7.06. The van der Waals surface area contributed by atoms with E-state index < -0.39 is 6.35 Å². The van der Waals surface area contributed by atoms with Gasteiger partial charge in [0, 0.05) is 0 Å². The van der Waals surface area contributed by atoms with E-state index in [1.54, 1.807) is 0 Å². The average molecular weight is 366 g/mol. The van der Waals surface area contributed by atoms with E-state index in [1.165, 1.54) is 16.6 Å². The SMILES string of the molecule is CCC[n+]1ccn2c1[B-](c1ccccc1)(c1ccccc1)Oc1ccccc1-2. The van der Waals surface area contributed by atoms with Gasteiger partial charge in [-0.2, -0.15) is 10.9 Å². The van der Waals surface area contributed by atoms with Gasteiger partial charge in [-0.1, -0.05) is 79.7 Å². The molecule has 1 aromatic heterocycles. The monoisotopic (exact) mass is 366 g/mol. The van der Waals surface area contributed by atoms with Crippen molar-refractivity contribution in [3.63, 3.8) is 0 Å². The smallest absolute Gasteiger partial charge is 0.338 e. The molecule has 4 aromatic rings. The standard InChI is InChI=1S/C24H23BN2O/c1-2-17-26-18-19-27-22-15-9-10-16-23(22)28-25(24(26)27,20-11-5-3-6-12-20)21-13-7-4-8-14-21/h3-16,18-19H,2,17H2,1H3. The summed E-state index contributed by atoms with van der Waals surface area (Å²) in [6, 6.07) is 29.6. The van der Waals surface area contributed by atoms with Crippen molar-refractivity contribution < 1.29 is 9.22 Å². The van der Waals surface area contributed by atoms with Gasteiger partial charge in [0.25, 0.3) is 0 Å². The Morgan fingerprint density at radius 2 is 1.43 bits per heavy atom. The number of nitrogens with zero attached hydrogens (tertiary/aromatic N) is 2. The number of fused-ring (bicyclic) bond motifs is 3. The van der Waals surface area contributed by atoms with Crippen molar-refractivity contribution in [1.82, 2.24) is 4.57 Å². The van der Waals surface area contributed by atoms with E-state index in [0.29, 0.717) is 0 Å². The Kier molecular flexibility index (Phi) is 4.05. The molecule has 0 radical (unpaired) electrons. The van der Waals surface area contributed by atoms with Gasteiger partial charge in [0.1, 0.15) is 23.9 Å². The summed E-state index contributed by atoms with van der Waals surface area (Å²) in [5.74, 6) is 0.918. The van der Waals surface area contributed by atoms with E-state index in [1.807, 2.05) is 6.07 Å². The summed E-state index contributed by atoms with van der Waals surface area (Å²) in [6.45, 7) is 3.17. The highest BCUT2D eigenvalue weighted by Gasteiger charge is 2.47. The van der Waals surface area contributed by atoms with E-state index in [4.69, 9.17) is 4.65 Å². The summed E-state index contributed by atoms with van der Waals surface area (Å²) in [6.07, 6.45) is 3.82. The number of rotatable bonds is 4. The molecule has 3 aromatic carbocycles. The number of hydrogen-bond acceptors (Lipinski definition) is 1. The van der Waals surface area contributed by atoms with Crippen LogP contribution >= 0.6 is 0 Å². The fourth-order valence-corrected chi connectivity index (χ4v) is 4.58. The van der Waals surface area contributed by atoms with Gasteiger partial charge >= 0.3 is 6.35 Å². The summed E-state index contributed by atoms with van der Waals surface area (Å²) in [4.78, 5) is 0. The summed E-state index contributed by atoms with van der Waals surface area (Å²) in [7, 11) is 0. The Balaban J connectivity index is 1.89. The lowest BCUT2D eigenvalue weighted by Gasteiger charge is -2.44. The molecule has 0 aliphatic carbocycles. The maximum Gasteiger partial charge on any atom is 0.338 e. The van der Waals surface area contributed by atoms with Crippen molar-refractivity contribution in [2.75, 3.05) is 0 Å². The van der Waals surface area contributed by atoms with Crippen molar-refractivity contribution in [3.8, 4) is 11.4 Å². The lowest BCUT2D eigenvalue weighted by atomic mass is 9.30. The first kappa shape index (κ1) is 16.9. The van der Waals surface area contributed by atoms with Crippen LogP contribution in [-0.2, 0) is 6.54 Å². The molecule has 3 nitrogen and oxygen atoms in total. The van der Waals surface area contributed by atoms with Gasteiger partial charge in [-0.3, -0.25) is 4.57 Å². The molecule has 0 amide bonds. The van der Waals surface area contributed by atoms with Crippen LogP contribution in [0.15, 0.2) is 97.3 Å². The lowest BCUT2D eigenvalue weighted by Crippen LogP contribution is -2.81. The molecule has 0 atom stereocenters. The average Bonchev–Trinajstić information content (AvgIpc) is 3.19. The van der Waals surface area contributed by atoms with Crippen LogP contribution in [0.4, 0.5) is 0 Å². The minimum Gasteiger partial charge on any atom is -0.695 e. The Hall–Kier alpha value is -3.27. The van der Waals surface area contributed by atoms with Crippen molar-refractivity contribution in [2.45, 2.75) is 19.9 Å². The van der Waals surface area contributed by atoms with Crippen LogP contribution in [0.2, 0.25) is 0 Å². The predicted octanol–water partition coefficient (Wildman–Crippen LogP) is 2.53. The van der Waals surface area contributed by atoms with Gasteiger partial charge in [-0.15, -0.1) is 0 Å². The number of para-hydroxylation sites is 2. The molecule has 0 spiro atoms. The molecular formula is C24H23BN2O. The van der Waals surface area contributed by atoms with E-state index >= 15 is 0 Å². The summed E-state index contributed by atoms with van der Waals surface area (Å²) in [5.41, 5.74) is 4.66. The van der Waals surface area contributed by atoms with Crippen molar-refractivity contribution in [2.24, 2.45) is 0 Å². The lowest BCUT2D eigenvalue weighted by molar-refractivity contribution is -0.679. The molecule has 5 rings (SSSR count). The molecule has 0 bridgehead atoms. The van der Waals surface area contributed by atoms with Gasteiger partial charge in [-0.25, -0.2) is 4.57 Å². The van der Waals surface area contributed by atoms with E-state index in [0.717, 1.165) is 24.4 Å². The van der Waals surface area contributed by atoms with Crippen molar-refractivity contribution in [3.05, 3.63) is 97.3 Å². The zero-order valence-electron chi connectivity index (χ0n) is 16.0. The van der Waals surface area contributed by atoms with Gasteiger partial charge < -0.3 is 4.65 Å². The third-order valence-electron chi connectivity index (χ3n) is 5.73. The Morgan fingerprint density at radius 3 is 2.07 bits per heavy atom. The van der Waals surface area contributed by atoms with E-state index in [2.05, 4.69) is 107 Å². The third kappa shape index (κ3) is 2.41. The van der Waals surface area contributed by atoms with Crippen LogP contribution in [-0.4, -0.2) is 10.9 Å². The zero-order valence-corrected chi connectivity index (χ0v) is 16.0. The first-order valence-electron chi connectivity index (χ1n) is 10.00. The number of hydrogen-bond donors (Lipinski definition) is 0. The third-order valence-corrected chi connectivity index (χ3v) is 5.73. The summed E-state index contributed by atoms with van der Waals surface area (Å²) < 4.78 is 11.7. The molecule has 2 heterocycles. The zero-order chi connectivity index (χ0) is 19.0. The second kappa shape index (κ2) is 6.72. The normalized spacial score (nSPS) is 14.0. The largest absolute Gasteiger partial charge is 0.695 e. The van der Waals surface area contributed by atoms with Crippen LogP contribution in [0.5, 0.6) is 5.75 Å². The van der Waals surface area contributed by atoms with Gasteiger partial charge in [-0.05, 0) is 18.6 Å². The number of benzene rings is 3. The van der Waals surface area contributed by atoms with Crippen molar-refractivity contribution in [1.29, 1.82) is 0 Å². The maximum atomic E-state index is 6.98. The second-order valence-electron chi connectivity index (χ2n) is 7.41. The van der Waals surface area contributed by atoms with E-state index in [-0.39, 0.29) is 0 Å². The molecule has 28 heavy (non-hydrogen) atoms. The highest BCUT2D eigenvalue weighted by atomic mass is 16.5. The molecule has 0 saturated heterocycles. The minimum atomic E-state index is -1.61. The second-order valence-corrected chi connectivity index (χ2v) is 7.41. The molecule has 4 heteroatoms.